The lowest BCUT2D eigenvalue weighted by atomic mass is 9.73. The first-order valence-corrected chi connectivity index (χ1v) is 12.2. The van der Waals surface area contributed by atoms with E-state index in [0.717, 1.165) is 43.5 Å². The Labute approximate surface area is 181 Å². The zero-order chi connectivity index (χ0) is 22.8. The molecule has 2 aromatic carbocycles. The van der Waals surface area contributed by atoms with Crippen molar-refractivity contribution in [2.45, 2.75) is 44.3 Å². The van der Waals surface area contributed by atoms with Crippen LogP contribution in [0.4, 0.5) is 13.2 Å². The number of rotatable bonds is 3. The number of hydrogen-bond donors (Lipinski definition) is 1. The minimum atomic E-state index is -4.26. The standard InChI is InChI=1S/C22H24F3N.CH4O3S/c1-2-26-14-20-18-11-9-17(22(23,24)25)13-16(18)8-10-19(20)21(26)12-15-6-4-3-5-7-15;1-5(2,3)4/h3-7,9,11,13,19-21H,2,8,10,12,14H2,1H3;1H3,(H,2,3,4). The second-order valence-corrected chi connectivity index (χ2v) is 9.76. The Morgan fingerprint density at radius 3 is 2.35 bits per heavy atom. The van der Waals surface area contributed by atoms with Gasteiger partial charge < -0.3 is 0 Å². The van der Waals surface area contributed by atoms with Gasteiger partial charge >= 0.3 is 6.18 Å². The lowest BCUT2D eigenvalue weighted by molar-refractivity contribution is -0.137. The summed E-state index contributed by atoms with van der Waals surface area (Å²) in [6.45, 7) is 4.13. The van der Waals surface area contributed by atoms with Gasteiger partial charge in [0.15, 0.2) is 0 Å². The minimum Gasteiger partial charge on any atom is -0.299 e. The fourth-order valence-corrected chi connectivity index (χ4v) is 4.97. The molecule has 0 aromatic heterocycles. The van der Waals surface area contributed by atoms with Crippen LogP contribution in [-0.2, 0) is 29.1 Å². The number of benzene rings is 2. The first-order chi connectivity index (χ1) is 14.5. The highest BCUT2D eigenvalue weighted by atomic mass is 32.2. The summed E-state index contributed by atoms with van der Waals surface area (Å²) < 4.78 is 65.0. The van der Waals surface area contributed by atoms with Crippen LogP contribution in [0.2, 0.25) is 0 Å². The van der Waals surface area contributed by atoms with Crippen molar-refractivity contribution >= 4 is 10.1 Å². The molecule has 1 N–H and O–H groups in total. The van der Waals surface area contributed by atoms with E-state index in [1.54, 1.807) is 6.07 Å². The average Bonchev–Trinajstić information content (AvgIpc) is 3.04. The van der Waals surface area contributed by atoms with Gasteiger partial charge in [0.05, 0.1) is 11.8 Å². The lowest BCUT2D eigenvalue weighted by Crippen LogP contribution is -2.35. The van der Waals surface area contributed by atoms with Gasteiger partial charge in [-0.1, -0.05) is 43.3 Å². The Morgan fingerprint density at radius 2 is 1.77 bits per heavy atom. The van der Waals surface area contributed by atoms with Gasteiger partial charge in [-0.2, -0.15) is 21.6 Å². The maximum Gasteiger partial charge on any atom is 0.416 e. The molecule has 3 atom stereocenters. The number of hydrogen-bond acceptors (Lipinski definition) is 3. The third-order valence-electron chi connectivity index (χ3n) is 6.22. The molecule has 31 heavy (non-hydrogen) atoms. The SMILES string of the molecule is CCN1CC2c3ccc(C(F)(F)F)cc3CCC2C1Cc1ccccc1.CS(=O)(=O)O. The summed E-state index contributed by atoms with van der Waals surface area (Å²) in [5.41, 5.74) is 2.87. The summed E-state index contributed by atoms with van der Waals surface area (Å²) in [7, 11) is -3.67. The van der Waals surface area contributed by atoms with Crippen LogP contribution in [-0.4, -0.2) is 43.3 Å². The van der Waals surface area contributed by atoms with Crippen molar-refractivity contribution in [3.05, 3.63) is 70.8 Å². The van der Waals surface area contributed by atoms with Crippen molar-refractivity contribution in [1.29, 1.82) is 0 Å². The molecule has 4 rings (SSSR count). The van der Waals surface area contributed by atoms with Crippen LogP contribution in [0.5, 0.6) is 0 Å². The quantitative estimate of drug-likeness (QED) is 0.676. The van der Waals surface area contributed by atoms with E-state index in [9.17, 15) is 21.6 Å². The van der Waals surface area contributed by atoms with Gasteiger partial charge in [-0.3, -0.25) is 9.45 Å². The molecule has 0 amide bonds. The highest BCUT2D eigenvalue weighted by Crippen LogP contribution is 2.46. The molecule has 2 aromatic rings. The average molecular weight is 456 g/mol. The molecule has 0 radical (unpaired) electrons. The number of aryl methyl sites for hydroxylation is 1. The smallest absolute Gasteiger partial charge is 0.299 e. The van der Waals surface area contributed by atoms with Crippen molar-refractivity contribution in [2.24, 2.45) is 5.92 Å². The molecule has 2 aliphatic rings. The molecule has 0 spiro atoms. The molecule has 170 valence electrons. The highest BCUT2D eigenvalue weighted by Gasteiger charge is 2.44. The van der Waals surface area contributed by atoms with Crippen molar-refractivity contribution in [3.8, 4) is 0 Å². The van der Waals surface area contributed by atoms with Gasteiger partial charge in [-0.05, 0) is 60.5 Å². The fraction of sp³-hybridized carbons (Fsp3) is 0.478. The molecular formula is C23H28F3NO3S. The summed E-state index contributed by atoms with van der Waals surface area (Å²) in [5, 5.41) is 0. The van der Waals surface area contributed by atoms with Crippen LogP contribution in [0, 0.1) is 5.92 Å². The second-order valence-electron chi connectivity index (χ2n) is 8.30. The van der Waals surface area contributed by atoms with E-state index in [0.29, 0.717) is 24.1 Å². The van der Waals surface area contributed by atoms with E-state index in [1.807, 2.05) is 6.07 Å². The van der Waals surface area contributed by atoms with Crippen LogP contribution in [0.1, 0.15) is 41.5 Å². The normalized spacial score (nSPS) is 23.5. The molecule has 0 bridgehead atoms. The van der Waals surface area contributed by atoms with Crippen molar-refractivity contribution in [3.63, 3.8) is 0 Å². The van der Waals surface area contributed by atoms with Gasteiger partial charge in [0.25, 0.3) is 10.1 Å². The number of halogens is 3. The van der Waals surface area contributed by atoms with E-state index in [-0.39, 0.29) is 0 Å². The highest BCUT2D eigenvalue weighted by molar-refractivity contribution is 7.85. The van der Waals surface area contributed by atoms with E-state index >= 15 is 0 Å². The van der Waals surface area contributed by atoms with Gasteiger partial charge in [-0.15, -0.1) is 0 Å². The minimum absolute atomic E-state index is 0.356. The predicted molar refractivity (Wildman–Crippen MR) is 115 cm³/mol. The second kappa shape index (κ2) is 9.30. The van der Waals surface area contributed by atoms with Gasteiger partial charge in [0, 0.05) is 18.5 Å². The Hall–Kier alpha value is -1.90. The molecule has 1 aliphatic carbocycles. The van der Waals surface area contributed by atoms with Crippen molar-refractivity contribution in [2.75, 3.05) is 19.3 Å². The number of nitrogens with zero attached hydrogens (tertiary/aromatic N) is 1. The molecule has 0 saturated carbocycles. The maximum atomic E-state index is 13.0. The van der Waals surface area contributed by atoms with E-state index in [2.05, 4.69) is 36.1 Å². The Bertz CT molecular complexity index is 985. The van der Waals surface area contributed by atoms with Crippen LogP contribution in [0.3, 0.4) is 0 Å². The monoisotopic (exact) mass is 455 g/mol. The lowest BCUT2D eigenvalue weighted by Gasteiger charge is -2.32. The zero-order valence-corrected chi connectivity index (χ0v) is 18.5. The first kappa shape index (κ1) is 23.8. The van der Waals surface area contributed by atoms with Crippen LogP contribution in [0.25, 0.3) is 0 Å². The number of alkyl halides is 3. The largest absolute Gasteiger partial charge is 0.416 e. The number of likely N-dealkylation sites (tertiary alicyclic amines) is 1. The van der Waals surface area contributed by atoms with Gasteiger partial charge in [0.1, 0.15) is 0 Å². The molecule has 3 unspecified atom stereocenters. The van der Waals surface area contributed by atoms with Gasteiger partial charge in [-0.25, -0.2) is 0 Å². The number of likely N-dealkylation sites (N-methyl/N-ethyl adjacent to an activating group) is 1. The van der Waals surface area contributed by atoms with Crippen LogP contribution < -0.4 is 0 Å². The first-order valence-electron chi connectivity index (χ1n) is 10.4. The molecule has 8 heteroatoms. The maximum absolute atomic E-state index is 13.0. The summed E-state index contributed by atoms with van der Waals surface area (Å²) in [4.78, 5) is 2.52. The molecule has 1 aliphatic heterocycles. The van der Waals surface area contributed by atoms with E-state index in [1.165, 1.54) is 17.7 Å². The molecule has 1 heterocycles. The third-order valence-corrected chi connectivity index (χ3v) is 6.22. The van der Waals surface area contributed by atoms with Crippen molar-refractivity contribution < 1.29 is 26.1 Å². The summed E-state index contributed by atoms with van der Waals surface area (Å²) in [6.07, 6.45) is -0.790. The van der Waals surface area contributed by atoms with Gasteiger partial charge in [0.2, 0.25) is 0 Å². The number of fused-ring (bicyclic) bond motifs is 3. The van der Waals surface area contributed by atoms with Crippen LogP contribution >= 0.6 is 0 Å². The topological polar surface area (TPSA) is 57.6 Å². The van der Waals surface area contributed by atoms with Crippen LogP contribution in [0.15, 0.2) is 48.5 Å². The van der Waals surface area contributed by atoms with Crippen molar-refractivity contribution in [1.82, 2.24) is 4.90 Å². The van der Waals surface area contributed by atoms with E-state index in [4.69, 9.17) is 4.55 Å². The molecule has 4 nitrogen and oxygen atoms in total. The third kappa shape index (κ3) is 6.08. The summed E-state index contributed by atoms with van der Waals surface area (Å²) in [5.74, 6) is 0.883. The summed E-state index contributed by atoms with van der Waals surface area (Å²) in [6, 6.07) is 15.4. The Morgan fingerprint density at radius 1 is 1.13 bits per heavy atom. The zero-order valence-electron chi connectivity index (χ0n) is 17.6. The predicted octanol–water partition coefficient (Wildman–Crippen LogP) is 4.80. The Balaban J connectivity index is 0.000000491. The fourth-order valence-electron chi connectivity index (χ4n) is 4.97. The molecule has 1 fully saturated rings. The Kier molecular flexibility index (Phi) is 7.13. The summed E-state index contributed by atoms with van der Waals surface area (Å²) >= 11 is 0. The van der Waals surface area contributed by atoms with E-state index < -0.39 is 21.9 Å². The molecular weight excluding hydrogens is 427 g/mol. The molecule has 1 saturated heterocycles.